The molecule has 0 bridgehead atoms. The lowest BCUT2D eigenvalue weighted by Gasteiger charge is -2.09. The number of nitrogens with zero attached hydrogens (tertiary/aromatic N) is 1. The van der Waals surface area contributed by atoms with Crippen LogP contribution in [0.4, 0.5) is 0 Å². The lowest BCUT2D eigenvalue weighted by molar-refractivity contribution is -0.727. The van der Waals surface area contributed by atoms with E-state index in [0.717, 1.165) is 5.56 Å². The second-order valence-corrected chi connectivity index (χ2v) is 3.06. The molecule has 0 saturated heterocycles. The maximum absolute atomic E-state index is 11.3. The van der Waals surface area contributed by atoms with Gasteiger partial charge in [0.2, 0.25) is 0 Å². The van der Waals surface area contributed by atoms with Gasteiger partial charge in [-0.2, -0.15) is 0 Å². The Kier molecular flexibility index (Phi) is 3.96. The van der Waals surface area contributed by atoms with Crippen molar-refractivity contribution in [1.82, 2.24) is 0 Å². The van der Waals surface area contributed by atoms with Crippen molar-refractivity contribution in [2.24, 2.45) is 0 Å². The quantitative estimate of drug-likeness (QED) is 0.611. The Balaban J connectivity index is 3.12. The van der Waals surface area contributed by atoms with Gasteiger partial charge in [-0.05, 0) is 23.6 Å². The van der Waals surface area contributed by atoms with Crippen molar-refractivity contribution >= 4 is 5.97 Å². The first-order valence-corrected chi connectivity index (χ1v) is 4.68. The summed E-state index contributed by atoms with van der Waals surface area (Å²) in [7, 11) is 0. The van der Waals surface area contributed by atoms with Crippen LogP contribution < -0.4 is 0 Å². The number of hydrogen-bond donors (Lipinski definition) is 1. The van der Waals surface area contributed by atoms with Gasteiger partial charge in [-0.15, -0.1) is 10.1 Å². The van der Waals surface area contributed by atoms with Crippen LogP contribution in [0.5, 0.6) is 0 Å². The SMILES string of the molecule is CCc1cccc(C(=O)O[N+](=O)[O-])c1CO. The molecule has 1 aromatic carbocycles. The number of aliphatic hydroxyl groups is 1. The summed E-state index contributed by atoms with van der Waals surface area (Å²) in [5.74, 6) is -1.07. The lowest BCUT2D eigenvalue weighted by atomic mass is 10.00. The molecule has 0 radical (unpaired) electrons. The molecule has 0 atom stereocenters. The summed E-state index contributed by atoms with van der Waals surface area (Å²) in [6.45, 7) is 1.50. The normalized spacial score (nSPS) is 9.88. The average Bonchev–Trinajstić information content (AvgIpc) is 2.26. The van der Waals surface area contributed by atoms with Crippen molar-refractivity contribution in [2.75, 3.05) is 0 Å². The highest BCUT2D eigenvalue weighted by Crippen LogP contribution is 2.16. The third kappa shape index (κ3) is 2.54. The monoisotopic (exact) mass is 225 g/mol. The van der Waals surface area contributed by atoms with Crippen LogP contribution in [-0.4, -0.2) is 16.2 Å². The second-order valence-electron chi connectivity index (χ2n) is 3.06. The third-order valence-electron chi connectivity index (χ3n) is 2.19. The van der Waals surface area contributed by atoms with Crippen LogP contribution in [0.25, 0.3) is 0 Å². The first-order chi connectivity index (χ1) is 7.60. The van der Waals surface area contributed by atoms with Crippen LogP contribution in [0.1, 0.15) is 28.4 Å². The lowest BCUT2D eigenvalue weighted by Crippen LogP contribution is -2.13. The highest BCUT2D eigenvalue weighted by Gasteiger charge is 2.16. The second kappa shape index (κ2) is 5.22. The maximum atomic E-state index is 11.3. The van der Waals surface area contributed by atoms with Crippen molar-refractivity contribution in [2.45, 2.75) is 20.0 Å². The van der Waals surface area contributed by atoms with E-state index >= 15 is 0 Å². The van der Waals surface area contributed by atoms with Gasteiger partial charge in [0.25, 0.3) is 0 Å². The number of carbonyl (C=O) groups is 1. The number of carbonyl (C=O) groups excluding carboxylic acids is 1. The van der Waals surface area contributed by atoms with Gasteiger partial charge in [0, 0.05) is 0 Å². The Morgan fingerprint density at radius 3 is 2.75 bits per heavy atom. The Morgan fingerprint density at radius 1 is 1.56 bits per heavy atom. The number of rotatable bonds is 4. The van der Waals surface area contributed by atoms with Crippen molar-refractivity contribution in [3.05, 3.63) is 45.0 Å². The molecule has 0 heterocycles. The van der Waals surface area contributed by atoms with Crippen LogP contribution in [-0.2, 0) is 17.9 Å². The zero-order valence-corrected chi connectivity index (χ0v) is 8.67. The van der Waals surface area contributed by atoms with E-state index in [4.69, 9.17) is 5.11 Å². The van der Waals surface area contributed by atoms with Gasteiger partial charge < -0.3 is 5.11 Å². The minimum atomic E-state index is -1.16. The van der Waals surface area contributed by atoms with Crippen molar-refractivity contribution < 1.29 is 19.8 Å². The van der Waals surface area contributed by atoms with Gasteiger partial charge in [0.1, 0.15) is 0 Å². The molecule has 1 rings (SSSR count). The Bertz CT molecular complexity index is 416. The van der Waals surface area contributed by atoms with Crippen molar-refractivity contribution in [3.63, 3.8) is 0 Å². The first kappa shape index (κ1) is 12.1. The van der Waals surface area contributed by atoms with Gasteiger partial charge in [0.05, 0.1) is 12.2 Å². The molecule has 0 unspecified atom stereocenters. The van der Waals surface area contributed by atoms with Gasteiger partial charge in [-0.3, -0.25) is 4.79 Å². The molecule has 6 heteroatoms. The molecule has 16 heavy (non-hydrogen) atoms. The molecule has 0 amide bonds. The molecule has 6 nitrogen and oxygen atoms in total. The van der Waals surface area contributed by atoms with E-state index in [1.54, 1.807) is 12.1 Å². The van der Waals surface area contributed by atoms with Gasteiger partial charge in [0.15, 0.2) is 0 Å². The van der Waals surface area contributed by atoms with Crippen molar-refractivity contribution in [3.8, 4) is 0 Å². The van der Waals surface area contributed by atoms with E-state index < -0.39 is 11.1 Å². The topological polar surface area (TPSA) is 89.7 Å². The molecule has 0 fully saturated rings. The van der Waals surface area contributed by atoms with Crippen LogP contribution in [0.2, 0.25) is 0 Å². The summed E-state index contributed by atoms with van der Waals surface area (Å²) in [6.07, 6.45) is 0.621. The summed E-state index contributed by atoms with van der Waals surface area (Å²) >= 11 is 0. The van der Waals surface area contributed by atoms with Gasteiger partial charge >= 0.3 is 11.1 Å². The molecule has 0 aromatic heterocycles. The Labute approximate surface area is 91.6 Å². The van der Waals surface area contributed by atoms with Crippen LogP contribution in [0.15, 0.2) is 18.2 Å². The minimum absolute atomic E-state index is 0.0264. The Hall–Kier alpha value is -1.95. The predicted molar refractivity (Wildman–Crippen MR) is 54.2 cm³/mol. The predicted octanol–water partition coefficient (Wildman–Crippen LogP) is 1.09. The molecule has 1 N–H and O–H groups in total. The molecule has 0 spiro atoms. The standard InChI is InChI=1S/C10H11NO5/c1-2-7-4-3-5-8(9(7)6-12)10(13)16-11(14)15/h3-5,12H,2,6H2,1H3. The number of benzene rings is 1. The summed E-state index contributed by atoms with van der Waals surface area (Å²) in [6, 6.07) is 4.72. The maximum Gasteiger partial charge on any atom is 0.334 e. The fourth-order valence-electron chi connectivity index (χ4n) is 1.46. The van der Waals surface area contributed by atoms with E-state index in [0.29, 0.717) is 12.0 Å². The van der Waals surface area contributed by atoms with Crippen LogP contribution in [0, 0.1) is 10.1 Å². The minimum Gasteiger partial charge on any atom is -0.392 e. The smallest absolute Gasteiger partial charge is 0.334 e. The molecule has 0 saturated carbocycles. The van der Waals surface area contributed by atoms with E-state index in [9.17, 15) is 14.9 Å². The highest BCUT2D eigenvalue weighted by atomic mass is 17.0. The summed E-state index contributed by atoms with van der Waals surface area (Å²) < 4.78 is 0. The summed E-state index contributed by atoms with van der Waals surface area (Å²) in [5, 5.41) is 18.0. The fraction of sp³-hybridized carbons (Fsp3) is 0.300. The number of aryl methyl sites for hydroxylation is 1. The van der Waals surface area contributed by atoms with Crippen molar-refractivity contribution in [1.29, 1.82) is 0 Å². The van der Waals surface area contributed by atoms with Gasteiger partial charge in [-0.1, -0.05) is 19.1 Å². The average molecular weight is 225 g/mol. The molecule has 0 aliphatic heterocycles. The zero-order chi connectivity index (χ0) is 12.1. The van der Waals surface area contributed by atoms with E-state index in [-0.39, 0.29) is 12.2 Å². The number of aliphatic hydroxyl groups excluding tert-OH is 1. The van der Waals surface area contributed by atoms with E-state index in [1.165, 1.54) is 6.07 Å². The van der Waals surface area contributed by atoms with Gasteiger partial charge in [-0.25, -0.2) is 4.84 Å². The largest absolute Gasteiger partial charge is 0.392 e. The summed E-state index contributed by atoms with van der Waals surface area (Å²) in [5.41, 5.74) is 1.16. The molecule has 0 aliphatic rings. The van der Waals surface area contributed by atoms with E-state index in [1.807, 2.05) is 6.92 Å². The Morgan fingerprint density at radius 2 is 2.25 bits per heavy atom. The first-order valence-electron chi connectivity index (χ1n) is 4.68. The molecular weight excluding hydrogens is 214 g/mol. The van der Waals surface area contributed by atoms with Crippen LogP contribution >= 0.6 is 0 Å². The number of hydrogen-bond acceptors (Lipinski definition) is 5. The summed E-state index contributed by atoms with van der Waals surface area (Å²) in [4.78, 5) is 25.2. The molecular formula is C10H11NO5. The fourth-order valence-corrected chi connectivity index (χ4v) is 1.46. The van der Waals surface area contributed by atoms with E-state index in [2.05, 4.69) is 4.84 Å². The molecule has 1 aromatic rings. The third-order valence-corrected chi connectivity index (χ3v) is 2.19. The zero-order valence-electron chi connectivity index (χ0n) is 8.67. The molecule has 0 aliphatic carbocycles. The van der Waals surface area contributed by atoms with Crippen LogP contribution in [0.3, 0.4) is 0 Å². The highest BCUT2D eigenvalue weighted by molar-refractivity contribution is 5.91. The molecule has 86 valence electrons.